The molecule has 0 aliphatic carbocycles. The van der Waals surface area contributed by atoms with Gasteiger partial charge < -0.3 is 14.6 Å². The first-order chi connectivity index (χ1) is 13.2. The maximum atomic E-state index is 13.0. The molecule has 0 bridgehead atoms. The number of aromatic nitrogens is 2. The minimum absolute atomic E-state index is 0.137. The number of amides is 2. The van der Waals surface area contributed by atoms with Gasteiger partial charge in [0.05, 0.1) is 6.54 Å². The smallest absolute Gasteiger partial charge is 0.290 e. The molecular formula is C20H20N4O3. The minimum Gasteiger partial charge on any atom is -0.454 e. The number of carbonyl (C=O) groups excluding carboxylic acids is 2. The van der Waals surface area contributed by atoms with Crippen molar-refractivity contribution in [2.24, 2.45) is 0 Å². The summed E-state index contributed by atoms with van der Waals surface area (Å²) in [7, 11) is 0. The molecule has 3 heterocycles. The van der Waals surface area contributed by atoms with Crippen LogP contribution >= 0.6 is 0 Å². The zero-order valence-electron chi connectivity index (χ0n) is 14.7. The van der Waals surface area contributed by atoms with Crippen molar-refractivity contribution in [3.8, 4) is 0 Å². The summed E-state index contributed by atoms with van der Waals surface area (Å²) in [6, 6.07) is 14.4. The van der Waals surface area contributed by atoms with Crippen LogP contribution in [-0.4, -0.2) is 45.6 Å². The fourth-order valence-corrected chi connectivity index (χ4v) is 3.27. The lowest BCUT2D eigenvalue weighted by molar-refractivity contribution is -0.127. The summed E-state index contributed by atoms with van der Waals surface area (Å²) >= 11 is 0. The summed E-state index contributed by atoms with van der Waals surface area (Å²) in [4.78, 5) is 27.0. The van der Waals surface area contributed by atoms with Crippen LogP contribution in [0.3, 0.4) is 0 Å². The Bertz CT molecular complexity index is 918. The number of hydrogen-bond acceptors (Lipinski definition) is 4. The standard InChI is InChI=1S/C20H20N4O3/c25-19-17(13-15-5-2-1-3-6-15)24(12-10-21-19)20(26)18-8-7-16(27-18)14-23-11-4-9-22-23/h1-9,11,17H,10,12-14H2,(H,21,25). The number of rotatable bonds is 5. The first-order valence-electron chi connectivity index (χ1n) is 8.89. The Morgan fingerprint density at radius 1 is 1.19 bits per heavy atom. The second kappa shape index (κ2) is 7.49. The lowest BCUT2D eigenvalue weighted by atomic mass is 10.0. The van der Waals surface area contributed by atoms with Crippen LogP contribution in [0, 0.1) is 0 Å². The first-order valence-corrected chi connectivity index (χ1v) is 8.89. The van der Waals surface area contributed by atoms with Gasteiger partial charge in [-0.25, -0.2) is 0 Å². The highest BCUT2D eigenvalue weighted by Gasteiger charge is 2.34. The predicted molar refractivity (Wildman–Crippen MR) is 98.0 cm³/mol. The Hall–Kier alpha value is -3.35. The minimum atomic E-state index is -0.548. The molecular weight excluding hydrogens is 344 g/mol. The van der Waals surface area contributed by atoms with Crippen LogP contribution in [0.2, 0.25) is 0 Å². The van der Waals surface area contributed by atoms with Crippen LogP contribution in [0.25, 0.3) is 0 Å². The molecule has 0 radical (unpaired) electrons. The number of hydrogen-bond donors (Lipinski definition) is 1. The molecule has 1 aliphatic rings. The third kappa shape index (κ3) is 3.76. The van der Waals surface area contributed by atoms with E-state index in [0.717, 1.165) is 5.56 Å². The van der Waals surface area contributed by atoms with E-state index in [4.69, 9.17) is 4.42 Å². The largest absolute Gasteiger partial charge is 0.454 e. The van der Waals surface area contributed by atoms with Crippen molar-refractivity contribution in [3.63, 3.8) is 0 Å². The van der Waals surface area contributed by atoms with Gasteiger partial charge >= 0.3 is 0 Å². The Morgan fingerprint density at radius 2 is 2.04 bits per heavy atom. The Balaban J connectivity index is 1.52. The molecule has 1 N–H and O–H groups in total. The molecule has 0 spiro atoms. The number of benzene rings is 1. The molecule has 138 valence electrons. The van der Waals surface area contributed by atoms with E-state index in [-0.39, 0.29) is 17.6 Å². The Morgan fingerprint density at radius 3 is 2.81 bits per heavy atom. The molecule has 1 atom stereocenters. The summed E-state index contributed by atoms with van der Waals surface area (Å²) in [6.45, 7) is 1.35. The summed E-state index contributed by atoms with van der Waals surface area (Å²) in [5.74, 6) is 0.479. The maximum Gasteiger partial charge on any atom is 0.290 e. The van der Waals surface area contributed by atoms with E-state index in [0.29, 0.717) is 31.8 Å². The Kier molecular flexibility index (Phi) is 4.74. The van der Waals surface area contributed by atoms with E-state index >= 15 is 0 Å². The molecule has 1 aromatic carbocycles. The number of furan rings is 1. The van der Waals surface area contributed by atoms with Gasteiger partial charge in [-0.05, 0) is 23.8 Å². The summed E-state index contributed by atoms with van der Waals surface area (Å²) < 4.78 is 7.44. The second-order valence-electron chi connectivity index (χ2n) is 6.46. The zero-order valence-corrected chi connectivity index (χ0v) is 14.7. The van der Waals surface area contributed by atoms with Gasteiger partial charge in [-0.1, -0.05) is 30.3 Å². The van der Waals surface area contributed by atoms with Gasteiger partial charge in [0.15, 0.2) is 5.76 Å². The number of piperazine rings is 1. The average Bonchev–Trinajstić information content (AvgIpc) is 3.36. The van der Waals surface area contributed by atoms with E-state index in [2.05, 4.69) is 10.4 Å². The van der Waals surface area contributed by atoms with Crippen molar-refractivity contribution in [1.29, 1.82) is 0 Å². The zero-order chi connectivity index (χ0) is 18.6. The lowest BCUT2D eigenvalue weighted by Gasteiger charge is -2.34. The molecule has 4 rings (SSSR count). The fourth-order valence-electron chi connectivity index (χ4n) is 3.27. The third-order valence-corrected chi connectivity index (χ3v) is 4.61. The van der Waals surface area contributed by atoms with E-state index in [1.165, 1.54) is 0 Å². The van der Waals surface area contributed by atoms with Crippen molar-refractivity contribution in [2.75, 3.05) is 13.1 Å². The van der Waals surface area contributed by atoms with Gasteiger partial charge in [-0.15, -0.1) is 0 Å². The van der Waals surface area contributed by atoms with Gasteiger partial charge in [-0.3, -0.25) is 14.3 Å². The van der Waals surface area contributed by atoms with Crippen LogP contribution in [0.1, 0.15) is 21.9 Å². The summed E-state index contributed by atoms with van der Waals surface area (Å²) in [6.07, 6.45) is 3.99. The third-order valence-electron chi connectivity index (χ3n) is 4.61. The van der Waals surface area contributed by atoms with E-state index in [1.54, 1.807) is 27.9 Å². The van der Waals surface area contributed by atoms with Gasteiger partial charge in [0, 0.05) is 31.9 Å². The molecule has 2 aromatic heterocycles. The number of nitrogens with zero attached hydrogens (tertiary/aromatic N) is 3. The van der Waals surface area contributed by atoms with Crippen LogP contribution < -0.4 is 5.32 Å². The molecule has 1 aliphatic heterocycles. The van der Waals surface area contributed by atoms with Crippen molar-refractivity contribution < 1.29 is 14.0 Å². The van der Waals surface area contributed by atoms with Crippen LogP contribution in [0.5, 0.6) is 0 Å². The van der Waals surface area contributed by atoms with Crippen LogP contribution in [0.4, 0.5) is 0 Å². The van der Waals surface area contributed by atoms with Crippen LogP contribution in [-0.2, 0) is 17.8 Å². The SMILES string of the molecule is O=C1NCCN(C(=O)c2ccc(Cn3cccn3)o2)C1Cc1ccccc1. The molecule has 2 amide bonds. The number of nitrogens with one attached hydrogen (secondary N) is 1. The highest BCUT2D eigenvalue weighted by Crippen LogP contribution is 2.18. The van der Waals surface area contributed by atoms with Crippen molar-refractivity contribution in [2.45, 2.75) is 19.0 Å². The monoisotopic (exact) mass is 364 g/mol. The van der Waals surface area contributed by atoms with Crippen molar-refractivity contribution >= 4 is 11.8 Å². The Labute approximate surface area is 156 Å². The predicted octanol–water partition coefficient (Wildman–Crippen LogP) is 1.71. The molecule has 7 nitrogen and oxygen atoms in total. The molecule has 7 heteroatoms. The maximum absolute atomic E-state index is 13.0. The average molecular weight is 364 g/mol. The van der Waals surface area contributed by atoms with Crippen molar-refractivity contribution in [1.82, 2.24) is 20.0 Å². The van der Waals surface area contributed by atoms with Crippen molar-refractivity contribution in [3.05, 3.63) is 78.0 Å². The van der Waals surface area contributed by atoms with Gasteiger partial charge in [0.1, 0.15) is 11.8 Å². The molecule has 1 fully saturated rings. The molecule has 3 aromatic rings. The lowest BCUT2D eigenvalue weighted by Crippen LogP contribution is -2.58. The molecule has 1 unspecified atom stereocenters. The van der Waals surface area contributed by atoms with E-state index in [9.17, 15) is 9.59 Å². The molecule has 27 heavy (non-hydrogen) atoms. The quantitative estimate of drug-likeness (QED) is 0.747. The number of carbonyl (C=O) groups is 2. The van der Waals surface area contributed by atoms with E-state index < -0.39 is 6.04 Å². The van der Waals surface area contributed by atoms with E-state index in [1.807, 2.05) is 42.6 Å². The first kappa shape index (κ1) is 17.1. The summed E-state index contributed by atoms with van der Waals surface area (Å²) in [5.41, 5.74) is 1.01. The topological polar surface area (TPSA) is 80.4 Å². The summed E-state index contributed by atoms with van der Waals surface area (Å²) in [5, 5.41) is 6.98. The van der Waals surface area contributed by atoms with Gasteiger partial charge in [-0.2, -0.15) is 5.10 Å². The second-order valence-corrected chi connectivity index (χ2v) is 6.46. The highest BCUT2D eigenvalue weighted by atomic mass is 16.4. The normalized spacial score (nSPS) is 17.0. The fraction of sp³-hybridized carbons (Fsp3) is 0.250. The molecule has 1 saturated heterocycles. The highest BCUT2D eigenvalue weighted by molar-refractivity contribution is 5.96. The van der Waals surface area contributed by atoms with Gasteiger partial charge in [0.2, 0.25) is 5.91 Å². The van der Waals surface area contributed by atoms with Crippen LogP contribution in [0.15, 0.2) is 65.3 Å². The molecule has 0 saturated carbocycles. The van der Waals surface area contributed by atoms with Gasteiger partial charge in [0.25, 0.3) is 5.91 Å².